The fourth-order valence-corrected chi connectivity index (χ4v) is 3.40. The van der Waals surface area contributed by atoms with Gasteiger partial charge in [0.15, 0.2) is 0 Å². The van der Waals surface area contributed by atoms with Gasteiger partial charge in [-0.3, -0.25) is 0 Å². The highest BCUT2D eigenvalue weighted by Crippen LogP contribution is 2.35. The van der Waals surface area contributed by atoms with Gasteiger partial charge in [-0.2, -0.15) is 0 Å². The number of halogens is 2. The summed E-state index contributed by atoms with van der Waals surface area (Å²) in [6.07, 6.45) is 4.97. The van der Waals surface area contributed by atoms with Gasteiger partial charge in [-0.1, -0.05) is 48.0 Å². The van der Waals surface area contributed by atoms with Crippen molar-refractivity contribution in [2.45, 2.75) is 31.1 Å². The van der Waals surface area contributed by atoms with Crippen LogP contribution in [0.1, 0.15) is 40.5 Å². The molecule has 0 aromatic heterocycles. The molecule has 0 spiro atoms. The van der Waals surface area contributed by atoms with E-state index < -0.39 is 0 Å². The Balaban J connectivity index is 1.96. The van der Waals surface area contributed by atoms with Gasteiger partial charge >= 0.3 is 0 Å². The van der Waals surface area contributed by atoms with E-state index in [1.54, 1.807) is 0 Å². The number of hydrogen-bond donors (Lipinski definition) is 0. The summed E-state index contributed by atoms with van der Waals surface area (Å²) >= 11 is 12.8. The van der Waals surface area contributed by atoms with E-state index in [2.05, 4.69) is 18.2 Å². The second kappa shape index (κ2) is 5.56. The smallest absolute Gasteiger partial charge is 0.0849 e. The van der Waals surface area contributed by atoms with E-state index >= 15 is 0 Å². The van der Waals surface area contributed by atoms with Crippen molar-refractivity contribution in [2.24, 2.45) is 0 Å². The third kappa shape index (κ3) is 2.66. The van der Waals surface area contributed by atoms with E-state index in [0.717, 1.165) is 16.1 Å². The minimum absolute atomic E-state index is 0.166. The molecule has 2 heteroatoms. The third-order valence-electron chi connectivity index (χ3n) is 3.84. The lowest BCUT2D eigenvalue weighted by molar-refractivity contribution is 0.684. The molecule has 1 aliphatic rings. The predicted octanol–water partition coefficient (Wildman–Crippen LogP) is 5.55. The van der Waals surface area contributed by atoms with Crippen molar-refractivity contribution in [3.05, 3.63) is 69.7 Å². The van der Waals surface area contributed by atoms with Crippen molar-refractivity contribution >= 4 is 23.2 Å². The average molecular weight is 291 g/mol. The van der Waals surface area contributed by atoms with E-state index in [1.165, 1.54) is 36.8 Å². The van der Waals surface area contributed by atoms with Crippen molar-refractivity contribution in [3.8, 4) is 0 Å². The quantitative estimate of drug-likeness (QED) is 0.637. The summed E-state index contributed by atoms with van der Waals surface area (Å²) in [7, 11) is 0. The van der Waals surface area contributed by atoms with Crippen molar-refractivity contribution in [3.63, 3.8) is 0 Å². The number of alkyl halides is 1. The lowest BCUT2D eigenvalue weighted by Gasteiger charge is -2.19. The van der Waals surface area contributed by atoms with E-state index in [1.807, 2.05) is 24.3 Å². The first kappa shape index (κ1) is 13.0. The SMILES string of the molecule is Clc1ccccc1C(Cl)c1ccc2c(c1)CCCC2. The van der Waals surface area contributed by atoms with Gasteiger partial charge in [0, 0.05) is 5.02 Å². The Labute approximate surface area is 124 Å². The second-order valence-electron chi connectivity index (χ2n) is 5.12. The topological polar surface area (TPSA) is 0 Å². The first-order chi connectivity index (χ1) is 9.25. The first-order valence-corrected chi connectivity index (χ1v) is 7.57. The molecule has 1 atom stereocenters. The molecule has 2 aromatic carbocycles. The predicted molar refractivity (Wildman–Crippen MR) is 82.2 cm³/mol. The molecule has 0 nitrogen and oxygen atoms in total. The van der Waals surface area contributed by atoms with Gasteiger partial charge in [0.05, 0.1) is 5.38 Å². The zero-order chi connectivity index (χ0) is 13.2. The number of hydrogen-bond acceptors (Lipinski definition) is 0. The Morgan fingerprint density at radius 2 is 1.63 bits per heavy atom. The van der Waals surface area contributed by atoms with Crippen LogP contribution in [0.5, 0.6) is 0 Å². The van der Waals surface area contributed by atoms with Crippen LogP contribution in [0.4, 0.5) is 0 Å². The Kier molecular flexibility index (Phi) is 3.81. The summed E-state index contributed by atoms with van der Waals surface area (Å²) in [6.45, 7) is 0. The van der Waals surface area contributed by atoms with Crippen LogP contribution in [-0.4, -0.2) is 0 Å². The normalized spacial score (nSPS) is 15.9. The molecule has 3 rings (SSSR count). The summed E-state index contributed by atoms with van der Waals surface area (Å²) in [5.41, 5.74) is 5.08. The maximum atomic E-state index is 6.59. The molecule has 19 heavy (non-hydrogen) atoms. The Morgan fingerprint density at radius 3 is 2.42 bits per heavy atom. The fraction of sp³-hybridized carbons (Fsp3) is 0.294. The number of aryl methyl sites for hydroxylation is 2. The minimum Gasteiger partial charge on any atom is -0.113 e. The molecule has 2 aromatic rings. The summed E-state index contributed by atoms with van der Waals surface area (Å²) in [5.74, 6) is 0. The number of rotatable bonds is 2. The molecule has 0 saturated carbocycles. The highest BCUT2D eigenvalue weighted by molar-refractivity contribution is 6.33. The molecule has 0 N–H and O–H groups in total. The zero-order valence-corrected chi connectivity index (χ0v) is 12.2. The molecule has 98 valence electrons. The van der Waals surface area contributed by atoms with Crippen LogP contribution in [0.15, 0.2) is 42.5 Å². The Bertz CT molecular complexity index is 590. The molecule has 1 unspecified atom stereocenters. The first-order valence-electron chi connectivity index (χ1n) is 6.76. The van der Waals surface area contributed by atoms with Crippen molar-refractivity contribution in [2.75, 3.05) is 0 Å². The molecule has 0 radical (unpaired) electrons. The number of benzene rings is 2. The van der Waals surface area contributed by atoms with Crippen LogP contribution in [0.2, 0.25) is 5.02 Å². The third-order valence-corrected chi connectivity index (χ3v) is 4.67. The standard InChI is InChI=1S/C17H16Cl2/c18-16-8-4-3-7-15(16)17(19)14-10-9-12-5-1-2-6-13(12)11-14/h3-4,7-11,17H,1-2,5-6H2. The van der Waals surface area contributed by atoms with E-state index in [9.17, 15) is 0 Å². The lowest BCUT2D eigenvalue weighted by Crippen LogP contribution is -2.04. The summed E-state index contributed by atoms with van der Waals surface area (Å²) in [5, 5.41) is 0.571. The summed E-state index contributed by atoms with van der Waals surface area (Å²) in [4.78, 5) is 0. The van der Waals surface area contributed by atoms with Crippen LogP contribution in [0.25, 0.3) is 0 Å². The van der Waals surface area contributed by atoms with Gasteiger partial charge in [0.2, 0.25) is 0 Å². The van der Waals surface area contributed by atoms with Gasteiger partial charge in [-0.25, -0.2) is 0 Å². The van der Waals surface area contributed by atoms with Crippen LogP contribution in [0.3, 0.4) is 0 Å². The largest absolute Gasteiger partial charge is 0.113 e. The molecule has 1 aliphatic carbocycles. The van der Waals surface area contributed by atoms with E-state index in [-0.39, 0.29) is 5.38 Å². The fourth-order valence-electron chi connectivity index (χ4n) is 2.77. The minimum atomic E-state index is -0.166. The molecule has 0 saturated heterocycles. The van der Waals surface area contributed by atoms with Crippen LogP contribution >= 0.6 is 23.2 Å². The molecule has 0 aliphatic heterocycles. The second-order valence-corrected chi connectivity index (χ2v) is 5.96. The maximum absolute atomic E-state index is 6.59. The van der Waals surface area contributed by atoms with Crippen molar-refractivity contribution in [1.82, 2.24) is 0 Å². The molecule has 0 bridgehead atoms. The van der Waals surface area contributed by atoms with Crippen molar-refractivity contribution < 1.29 is 0 Å². The number of fused-ring (bicyclic) bond motifs is 1. The van der Waals surface area contributed by atoms with Gasteiger partial charge in [0.25, 0.3) is 0 Å². The summed E-state index contributed by atoms with van der Waals surface area (Å²) in [6, 6.07) is 14.4. The van der Waals surface area contributed by atoms with Gasteiger partial charge in [-0.05, 0) is 54.0 Å². The monoisotopic (exact) mass is 290 g/mol. The highest BCUT2D eigenvalue weighted by atomic mass is 35.5. The average Bonchev–Trinajstić information content (AvgIpc) is 2.46. The lowest BCUT2D eigenvalue weighted by atomic mass is 9.89. The Hall–Kier alpha value is -0.980. The molecule has 0 heterocycles. The van der Waals surface area contributed by atoms with E-state index in [4.69, 9.17) is 23.2 Å². The molecule has 0 fully saturated rings. The van der Waals surface area contributed by atoms with Gasteiger partial charge in [0.1, 0.15) is 0 Å². The zero-order valence-electron chi connectivity index (χ0n) is 10.7. The van der Waals surface area contributed by atoms with Crippen LogP contribution < -0.4 is 0 Å². The van der Waals surface area contributed by atoms with Gasteiger partial charge in [-0.15, -0.1) is 11.6 Å². The van der Waals surface area contributed by atoms with E-state index in [0.29, 0.717) is 0 Å². The van der Waals surface area contributed by atoms with Crippen molar-refractivity contribution in [1.29, 1.82) is 0 Å². The summed E-state index contributed by atoms with van der Waals surface area (Å²) < 4.78 is 0. The van der Waals surface area contributed by atoms with Crippen LogP contribution in [0, 0.1) is 0 Å². The molecular formula is C17H16Cl2. The van der Waals surface area contributed by atoms with Gasteiger partial charge < -0.3 is 0 Å². The van der Waals surface area contributed by atoms with Crippen LogP contribution in [-0.2, 0) is 12.8 Å². The maximum Gasteiger partial charge on any atom is 0.0849 e. The molecule has 0 amide bonds. The molecular weight excluding hydrogens is 275 g/mol. The Morgan fingerprint density at radius 1 is 0.895 bits per heavy atom. The highest BCUT2D eigenvalue weighted by Gasteiger charge is 2.16.